The van der Waals surface area contributed by atoms with Gasteiger partial charge in [-0.2, -0.15) is 0 Å². The molecule has 0 aromatic rings. The first kappa shape index (κ1) is 8.74. The van der Waals surface area contributed by atoms with E-state index in [1.54, 1.807) is 0 Å². The number of hydrogen-bond acceptors (Lipinski definition) is 1. The van der Waals surface area contributed by atoms with Gasteiger partial charge in [-0.25, -0.2) is 0 Å². The van der Waals surface area contributed by atoms with Crippen LogP contribution in [0.4, 0.5) is 0 Å². The van der Waals surface area contributed by atoms with Gasteiger partial charge < -0.3 is 0 Å². The normalized spacial score (nSPS) is 38.5. The third-order valence-corrected chi connectivity index (χ3v) is 3.56. The molecule has 0 aliphatic heterocycles. The van der Waals surface area contributed by atoms with Crippen LogP contribution in [-0.4, -0.2) is 5.78 Å². The minimum atomic E-state index is 0.257. The standard InChI is InChI=1S/C12H16O/c1-9-4-3-6-12(2)7-5-10(13)8-11(9)12/h3-4,6,11H,5,7-8H2,1-2H3. The second-order valence-corrected chi connectivity index (χ2v) is 4.57. The van der Waals surface area contributed by atoms with Crippen molar-refractivity contribution in [1.29, 1.82) is 0 Å². The SMILES string of the molecule is CC1=CC=CC2(C)CCC(=O)CC12. The van der Waals surface area contributed by atoms with Crippen molar-refractivity contribution in [1.82, 2.24) is 0 Å². The third kappa shape index (κ3) is 1.37. The Bertz CT molecular complexity index is 298. The van der Waals surface area contributed by atoms with Gasteiger partial charge in [0.05, 0.1) is 0 Å². The molecule has 2 rings (SSSR count). The van der Waals surface area contributed by atoms with Crippen molar-refractivity contribution in [3.63, 3.8) is 0 Å². The van der Waals surface area contributed by atoms with E-state index in [0.29, 0.717) is 11.7 Å². The van der Waals surface area contributed by atoms with Crippen molar-refractivity contribution < 1.29 is 4.79 Å². The summed E-state index contributed by atoms with van der Waals surface area (Å²) in [4.78, 5) is 11.4. The van der Waals surface area contributed by atoms with Gasteiger partial charge in [-0.1, -0.05) is 30.7 Å². The predicted molar refractivity (Wildman–Crippen MR) is 53.4 cm³/mol. The number of ketones is 1. The average Bonchev–Trinajstić information content (AvgIpc) is 2.08. The first-order chi connectivity index (χ1) is 6.12. The Kier molecular flexibility index (Phi) is 1.90. The Hall–Kier alpha value is -0.850. The molecule has 1 heteroatoms. The van der Waals surface area contributed by atoms with E-state index in [4.69, 9.17) is 0 Å². The topological polar surface area (TPSA) is 17.1 Å². The van der Waals surface area contributed by atoms with Gasteiger partial charge in [-0.15, -0.1) is 0 Å². The summed E-state index contributed by atoms with van der Waals surface area (Å²) < 4.78 is 0. The van der Waals surface area contributed by atoms with Crippen LogP contribution in [0.2, 0.25) is 0 Å². The minimum Gasteiger partial charge on any atom is -0.300 e. The molecule has 0 bridgehead atoms. The molecule has 2 aliphatic carbocycles. The first-order valence-corrected chi connectivity index (χ1v) is 4.99. The molecule has 1 saturated carbocycles. The van der Waals surface area contributed by atoms with Gasteiger partial charge in [-0.05, 0) is 24.7 Å². The van der Waals surface area contributed by atoms with Crippen LogP contribution in [-0.2, 0) is 4.79 Å². The molecular formula is C12H16O. The summed E-state index contributed by atoms with van der Waals surface area (Å²) in [6, 6.07) is 0. The molecule has 0 saturated heterocycles. The van der Waals surface area contributed by atoms with Crippen molar-refractivity contribution in [2.45, 2.75) is 33.1 Å². The van der Waals surface area contributed by atoms with E-state index in [9.17, 15) is 4.79 Å². The minimum absolute atomic E-state index is 0.257. The predicted octanol–water partition coefficient (Wildman–Crippen LogP) is 2.88. The number of hydrogen-bond donors (Lipinski definition) is 0. The number of allylic oxidation sites excluding steroid dienone is 4. The zero-order valence-corrected chi connectivity index (χ0v) is 8.34. The van der Waals surface area contributed by atoms with E-state index in [2.05, 4.69) is 32.1 Å². The van der Waals surface area contributed by atoms with Crippen LogP contribution >= 0.6 is 0 Å². The zero-order chi connectivity index (χ0) is 9.47. The highest BCUT2D eigenvalue weighted by atomic mass is 16.1. The van der Waals surface area contributed by atoms with Crippen LogP contribution in [0.15, 0.2) is 23.8 Å². The molecule has 70 valence electrons. The molecule has 0 radical (unpaired) electrons. The van der Waals surface area contributed by atoms with Crippen molar-refractivity contribution in [2.24, 2.45) is 11.3 Å². The molecule has 0 aromatic carbocycles. The van der Waals surface area contributed by atoms with Gasteiger partial charge in [0, 0.05) is 12.8 Å². The van der Waals surface area contributed by atoms with Gasteiger partial charge in [0.25, 0.3) is 0 Å². The van der Waals surface area contributed by atoms with Gasteiger partial charge in [0.15, 0.2) is 0 Å². The number of carbonyl (C=O) groups is 1. The fourth-order valence-electron chi connectivity index (χ4n) is 2.56. The van der Waals surface area contributed by atoms with Gasteiger partial charge in [-0.3, -0.25) is 4.79 Å². The van der Waals surface area contributed by atoms with Crippen LogP contribution in [0, 0.1) is 11.3 Å². The fraction of sp³-hybridized carbons (Fsp3) is 0.583. The van der Waals surface area contributed by atoms with E-state index in [0.717, 1.165) is 19.3 Å². The van der Waals surface area contributed by atoms with Crippen LogP contribution < -0.4 is 0 Å². The average molecular weight is 176 g/mol. The quantitative estimate of drug-likeness (QED) is 0.554. The Morgan fingerprint density at radius 3 is 3.08 bits per heavy atom. The van der Waals surface area contributed by atoms with Crippen LogP contribution in [0.1, 0.15) is 33.1 Å². The molecule has 0 heterocycles. The largest absolute Gasteiger partial charge is 0.300 e. The van der Waals surface area contributed by atoms with E-state index in [1.165, 1.54) is 5.57 Å². The highest BCUT2D eigenvalue weighted by Gasteiger charge is 2.39. The Labute approximate surface area is 79.5 Å². The first-order valence-electron chi connectivity index (χ1n) is 4.99. The second-order valence-electron chi connectivity index (χ2n) is 4.57. The molecule has 0 N–H and O–H groups in total. The highest BCUT2D eigenvalue weighted by Crippen LogP contribution is 2.46. The van der Waals surface area contributed by atoms with E-state index < -0.39 is 0 Å². The van der Waals surface area contributed by atoms with Crippen LogP contribution in [0.5, 0.6) is 0 Å². The molecule has 0 spiro atoms. The Morgan fingerprint density at radius 1 is 1.54 bits per heavy atom. The fourth-order valence-corrected chi connectivity index (χ4v) is 2.56. The molecule has 2 unspecified atom stereocenters. The maximum Gasteiger partial charge on any atom is 0.133 e. The molecule has 1 nitrogen and oxygen atoms in total. The summed E-state index contributed by atoms with van der Waals surface area (Å²) in [5.41, 5.74) is 1.63. The maximum atomic E-state index is 11.4. The summed E-state index contributed by atoms with van der Waals surface area (Å²) in [7, 11) is 0. The second kappa shape index (κ2) is 2.83. The summed E-state index contributed by atoms with van der Waals surface area (Å²) in [5, 5.41) is 0. The molecule has 2 aliphatic rings. The molecule has 0 amide bonds. The number of carbonyl (C=O) groups excluding carboxylic acids is 1. The van der Waals surface area contributed by atoms with Gasteiger partial charge in [0.1, 0.15) is 5.78 Å². The van der Waals surface area contributed by atoms with Crippen LogP contribution in [0.25, 0.3) is 0 Å². The lowest BCUT2D eigenvalue weighted by molar-refractivity contribution is -0.123. The van der Waals surface area contributed by atoms with E-state index >= 15 is 0 Å². The van der Waals surface area contributed by atoms with E-state index in [1.807, 2.05) is 0 Å². The smallest absolute Gasteiger partial charge is 0.133 e. The maximum absolute atomic E-state index is 11.4. The number of Topliss-reactive ketones (excluding diaryl/α,β-unsaturated/α-hetero) is 1. The molecular weight excluding hydrogens is 160 g/mol. The molecule has 2 atom stereocenters. The Morgan fingerprint density at radius 2 is 2.31 bits per heavy atom. The number of fused-ring (bicyclic) bond motifs is 1. The molecule has 0 aromatic heterocycles. The summed E-state index contributed by atoms with van der Waals surface area (Å²) >= 11 is 0. The number of rotatable bonds is 0. The summed E-state index contributed by atoms with van der Waals surface area (Å²) in [5.74, 6) is 0.907. The Balaban J connectivity index is 2.31. The molecule has 13 heavy (non-hydrogen) atoms. The summed E-state index contributed by atoms with van der Waals surface area (Å²) in [6.07, 6.45) is 9.11. The third-order valence-electron chi connectivity index (χ3n) is 3.56. The van der Waals surface area contributed by atoms with Crippen molar-refractivity contribution >= 4 is 5.78 Å². The van der Waals surface area contributed by atoms with Crippen molar-refractivity contribution in [3.8, 4) is 0 Å². The lowest BCUT2D eigenvalue weighted by Gasteiger charge is -2.41. The van der Waals surface area contributed by atoms with Crippen molar-refractivity contribution in [2.75, 3.05) is 0 Å². The lowest BCUT2D eigenvalue weighted by atomic mass is 9.63. The lowest BCUT2D eigenvalue weighted by Crippen LogP contribution is -2.34. The van der Waals surface area contributed by atoms with Gasteiger partial charge in [0.2, 0.25) is 0 Å². The summed E-state index contributed by atoms with van der Waals surface area (Å²) in [6.45, 7) is 4.42. The zero-order valence-electron chi connectivity index (χ0n) is 8.34. The molecule has 1 fully saturated rings. The van der Waals surface area contributed by atoms with E-state index in [-0.39, 0.29) is 5.41 Å². The monoisotopic (exact) mass is 176 g/mol. The van der Waals surface area contributed by atoms with Crippen LogP contribution in [0.3, 0.4) is 0 Å². The van der Waals surface area contributed by atoms with Gasteiger partial charge >= 0.3 is 0 Å². The highest BCUT2D eigenvalue weighted by molar-refractivity contribution is 5.80. The van der Waals surface area contributed by atoms with Crippen molar-refractivity contribution in [3.05, 3.63) is 23.8 Å².